The lowest BCUT2D eigenvalue weighted by Crippen LogP contribution is -2.11. The van der Waals surface area contributed by atoms with Crippen LogP contribution in [0.5, 0.6) is 5.75 Å². The number of carbonyl (C=O) groups is 1. The van der Waals surface area contributed by atoms with E-state index in [4.69, 9.17) is 16.3 Å². The number of amides is 1. The summed E-state index contributed by atoms with van der Waals surface area (Å²) in [7, 11) is 1.59. The van der Waals surface area contributed by atoms with Crippen molar-refractivity contribution in [3.8, 4) is 17.0 Å². The molecule has 3 aromatic rings. The molecule has 1 heterocycles. The minimum absolute atomic E-state index is 0.204. The van der Waals surface area contributed by atoms with Gasteiger partial charge in [0.2, 0.25) is 0 Å². The van der Waals surface area contributed by atoms with Crippen molar-refractivity contribution in [2.75, 3.05) is 12.4 Å². The maximum absolute atomic E-state index is 12.2. The number of hydrogen-bond acceptors (Lipinski definition) is 4. The number of aromatic nitrogens is 1. The average molecular weight is 345 g/mol. The highest BCUT2D eigenvalue weighted by atomic mass is 35.5. The highest BCUT2D eigenvalue weighted by Gasteiger charge is 2.10. The molecule has 1 amide bonds. The molecule has 0 spiro atoms. The second-order valence-corrected chi connectivity index (χ2v) is 6.02. The molecule has 0 aliphatic rings. The van der Waals surface area contributed by atoms with Crippen LogP contribution in [0.2, 0.25) is 5.02 Å². The Morgan fingerprint density at radius 1 is 1.13 bits per heavy atom. The van der Waals surface area contributed by atoms with Gasteiger partial charge in [-0.3, -0.25) is 10.1 Å². The average Bonchev–Trinajstić information content (AvgIpc) is 3.04. The van der Waals surface area contributed by atoms with Gasteiger partial charge >= 0.3 is 0 Å². The Bertz CT molecular complexity index is 813. The molecule has 0 bridgehead atoms. The fourth-order valence-electron chi connectivity index (χ4n) is 2.00. The van der Waals surface area contributed by atoms with Crippen LogP contribution >= 0.6 is 22.9 Å². The van der Waals surface area contributed by atoms with Crippen LogP contribution in [0.4, 0.5) is 5.13 Å². The van der Waals surface area contributed by atoms with E-state index in [1.54, 1.807) is 31.4 Å². The summed E-state index contributed by atoms with van der Waals surface area (Å²) in [5.74, 6) is 0.505. The van der Waals surface area contributed by atoms with Gasteiger partial charge in [0, 0.05) is 21.5 Å². The molecule has 0 unspecified atom stereocenters. The monoisotopic (exact) mass is 344 g/mol. The van der Waals surface area contributed by atoms with Gasteiger partial charge in [0.05, 0.1) is 12.8 Å². The Morgan fingerprint density at radius 2 is 1.83 bits per heavy atom. The summed E-state index contributed by atoms with van der Waals surface area (Å²) in [5, 5.41) is 5.92. The summed E-state index contributed by atoms with van der Waals surface area (Å²) in [6.45, 7) is 0. The number of nitrogens with one attached hydrogen (secondary N) is 1. The molecular weight excluding hydrogens is 332 g/mol. The third-order valence-corrected chi connectivity index (χ3v) is 4.23. The zero-order chi connectivity index (χ0) is 16.2. The molecule has 1 N–H and O–H groups in total. The van der Waals surface area contributed by atoms with Gasteiger partial charge in [0.1, 0.15) is 5.75 Å². The van der Waals surface area contributed by atoms with Crippen molar-refractivity contribution >= 4 is 34.0 Å². The Kier molecular flexibility index (Phi) is 4.60. The molecule has 0 atom stereocenters. The third-order valence-electron chi connectivity index (χ3n) is 3.22. The maximum atomic E-state index is 12.2. The van der Waals surface area contributed by atoms with E-state index in [1.165, 1.54) is 11.3 Å². The van der Waals surface area contributed by atoms with Crippen LogP contribution in [0.15, 0.2) is 53.9 Å². The van der Waals surface area contributed by atoms with E-state index >= 15 is 0 Å². The molecule has 2 aromatic carbocycles. The van der Waals surface area contributed by atoms with Gasteiger partial charge in [-0.15, -0.1) is 11.3 Å². The molecule has 0 radical (unpaired) electrons. The number of thiazole rings is 1. The van der Waals surface area contributed by atoms with Gasteiger partial charge in [-0.05, 0) is 36.4 Å². The Labute approximate surface area is 142 Å². The zero-order valence-corrected chi connectivity index (χ0v) is 13.8. The van der Waals surface area contributed by atoms with Crippen molar-refractivity contribution in [1.29, 1.82) is 0 Å². The SMILES string of the molecule is COc1ccc(C(=O)Nc2nc(-c3ccc(Cl)cc3)cs2)cc1. The van der Waals surface area contributed by atoms with E-state index in [1.807, 2.05) is 29.6 Å². The number of nitrogens with zero attached hydrogens (tertiary/aromatic N) is 1. The van der Waals surface area contributed by atoms with E-state index < -0.39 is 0 Å². The Hall–Kier alpha value is -2.37. The highest BCUT2D eigenvalue weighted by molar-refractivity contribution is 7.14. The van der Waals surface area contributed by atoms with E-state index in [9.17, 15) is 4.79 Å². The largest absolute Gasteiger partial charge is 0.497 e. The predicted molar refractivity (Wildman–Crippen MR) is 93.5 cm³/mol. The fraction of sp³-hybridized carbons (Fsp3) is 0.0588. The number of ether oxygens (including phenoxy) is 1. The Morgan fingerprint density at radius 3 is 2.48 bits per heavy atom. The lowest BCUT2D eigenvalue weighted by molar-refractivity contribution is 0.102. The first-order chi connectivity index (χ1) is 11.2. The smallest absolute Gasteiger partial charge is 0.257 e. The van der Waals surface area contributed by atoms with Gasteiger partial charge in [-0.2, -0.15) is 0 Å². The van der Waals surface area contributed by atoms with Crippen molar-refractivity contribution in [2.45, 2.75) is 0 Å². The fourth-order valence-corrected chi connectivity index (χ4v) is 2.84. The normalized spacial score (nSPS) is 10.3. The molecular formula is C17H13ClN2O2S. The molecule has 1 aromatic heterocycles. The number of methoxy groups -OCH3 is 1. The number of hydrogen-bond donors (Lipinski definition) is 1. The molecule has 0 aliphatic heterocycles. The summed E-state index contributed by atoms with van der Waals surface area (Å²) >= 11 is 7.26. The molecule has 0 saturated heterocycles. The molecule has 0 saturated carbocycles. The summed E-state index contributed by atoms with van der Waals surface area (Å²) in [6, 6.07) is 14.3. The first-order valence-corrected chi connectivity index (χ1v) is 8.08. The summed E-state index contributed by atoms with van der Waals surface area (Å²) in [4.78, 5) is 16.6. The first kappa shape index (κ1) is 15.5. The van der Waals surface area contributed by atoms with E-state index in [-0.39, 0.29) is 5.91 Å². The Balaban J connectivity index is 1.73. The van der Waals surface area contributed by atoms with Gasteiger partial charge in [0.25, 0.3) is 5.91 Å². The third kappa shape index (κ3) is 3.70. The minimum Gasteiger partial charge on any atom is -0.497 e. The summed E-state index contributed by atoms with van der Waals surface area (Å²) in [6.07, 6.45) is 0. The lowest BCUT2D eigenvalue weighted by atomic mass is 10.2. The van der Waals surface area contributed by atoms with Crippen molar-refractivity contribution in [1.82, 2.24) is 4.98 Å². The van der Waals surface area contributed by atoms with E-state index in [2.05, 4.69) is 10.3 Å². The molecule has 0 fully saturated rings. The minimum atomic E-state index is -0.204. The van der Waals surface area contributed by atoms with E-state index in [0.717, 1.165) is 11.3 Å². The van der Waals surface area contributed by atoms with Gasteiger partial charge in [-0.1, -0.05) is 23.7 Å². The number of halogens is 1. The van der Waals surface area contributed by atoms with Crippen LogP contribution in [0.1, 0.15) is 10.4 Å². The second-order valence-electron chi connectivity index (χ2n) is 4.73. The highest BCUT2D eigenvalue weighted by Crippen LogP contribution is 2.26. The predicted octanol–water partition coefficient (Wildman–Crippen LogP) is 4.72. The second kappa shape index (κ2) is 6.81. The van der Waals surface area contributed by atoms with Gasteiger partial charge in [0.15, 0.2) is 5.13 Å². The number of carbonyl (C=O) groups excluding carboxylic acids is 1. The van der Waals surface area contributed by atoms with E-state index in [0.29, 0.717) is 21.5 Å². The summed E-state index contributed by atoms with van der Waals surface area (Å²) in [5.41, 5.74) is 2.31. The van der Waals surface area contributed by atoms with Crippen LogP contribution < -0.4 is 10.1 Å². The maximum Gasteiger partial charge on any atom is 0.257 e. The van der Waals surface area contributed by atoms with Gasteiger partial charge < -0.3 is 4.74 Å². The quantitative estimate of drug-likeness (QED) is 0.744. The molecule has 6 heteroatoms. The standard InChI is InChI=1S/C17H13ClN2O2S/c1-22-14-8-4-12(5-9-14)16(21)20-17-19-15(10-23-17)11-2-6-13(18)7-3-11/h2-10H,1H3,(H,19,20,21). The van der Waals surface area contributed by atoms with Gasteiger partial charge in [-0.25, -0.2) is 4.98 Å². The van der Waals surface area contributed by atoms with Crippen LogP contribution in [0, 0.1) is 0 Å². The van der Waals surface area contributed by atoms with Crippen molar-refractivity contribution in [3.05, 3.63) is 64.5 Å². The first-order valence-electron chi connectivity index (χ1n) is 6.82. The van der Waals surface area contributed by atoms with Crippen LogP contribution in [-0.4, -0.2) is 18.0 Å². The van der Waals surface area contributed by atoms with Crippen molar-refractivity contribution < 1.29 is 9.53 Å². The molecule has 0 aliphatic carbocycles. The molecule has 3 rings (SSSR count). The number of benzene rings is 2. The number of anilines is 1. The molecule has 116 valence electrons. The van der Waals surface area contributed by atoms with Crippen LogP contribution in [0.25, 0.3) is 11.3 Å². The number of rotatable bonds is 4. The molecule has 4 nitrogen and oxygen atoms in total. The summed E-state index contributed by atoms with van der Waals surface area (Å²) < 4.78 is 5.08. The molecule has 23 heavy (non-hydrogen) atoms. The van der Waals surface area contributed by atoms with Crippen molar-refractivity contribution in [2.24, 2.45) is 0 Å². The van der Waals surface area contributed by atoms with Crippen LogP contribution in [0.3, 0.4) is 0 Å². The van der Waals surface area contributed by atoms with Crippen molar-refractivity contribution in [3.63, 3.8) is 0 Å². The topological polar surface area (TPSA) is 51.2 Å². The lowest BCUT2D eigenvalue weighted by Gasteiger charge is -2.03. The van der Waals surface area contributed by atoms with Crippen LogP contribution in [-0.2, 0) is 0 Å². The zero-order valence-electron chi connectivity index (χ0n) is 12.2.